The van der Waals surface area contributed by atoms with Crippen molar-refractivity contribution in [2.75, 3.05) is 32.8 Å². The Hall–Kier alpha value is -0.120. The molecule has 18 heavy (non-hydrogen) atoms. The summed E-state index contributed by atoms with van der Waals surface area (Å²) >= 11 is 0. The molecular weight excluding hydrogens is 224 g/mol. The summed E-state index contributed by atoms with van der Waals surface area (Å²) in [5.74, 6) is 0.756. The van der Waals surface area contributed by atoms with Crippen molar-refractivity contribution in [3.63, 3.8) is 0 Å². The van der Waals surface area contributed by atoms with Gasteiger partial charge in [0.25, 0.3) is 0 Å². The van der Waals surface area contributed by atoms with Crippen molar-refractivity contribution in [3.05, 3.63) is 0 Å². The number of ether oxygens (including phenoxy) is 1. The van der Waals surface area contributed by atoms with E-state index in [9.17, 15) is 0 Å². The summed E-state index contributed by atoms with van der Waals surface area (Å²) in [7, 11) is 0. The van der Waals surface area contributed by atoms with Gasteiger partial charge in [0, 0.05) is 25.7 Å². The normalized spacial score (nSPS) is 29.5. The first kappa shape index (κ1) is 14.3. The number of hydrogen-bond donors (Lipinski definition) is 1. The first-order valence-electron chi connectivity index (χ1n) is 7.82. The Bertz CT molecular complexity index is 227. The van der Waals surface area contributed by atoms with Crippen LogP contribution in [-0.2, 0) is 4.74 Å². The third-order valence-corrected chi connectivity index (χ3v) is 4.19. The molecule has 2 saturated heterocycles. The Morgan fingerprint density at radius 3 is 2.89 bits per heavy atom. The third kappa shape index (κ3) is 4.52. The minimum Gasteiger partial charge on any atom is -0.378 e. The fourth-order valence-corrected chi connectivity index (χ4v) is 3.14. The van der Waals surface area contributed by atoms with Crippen LogP contribution in [0.25, 0.3) is 0 Å². The van der Waals surface area contributed by atoms with Crippen LogP contribution in [0.3, 0.4) is 0 Å². The molecule has 3 nitrogen and oxygen atoms in total. The molecular formula is C15H30N2O. The van der Waals surface area contributed by atoms with Crippen LogP contribution in [0.5, 0.6) is 0 Å². The van der Waals surface area contributed by atoms with Crippen molar-refractivity contribution in [2.24, 2.45) is 5.92 Å². The van der Waals surface area contributed by atoms with Gasteiger partial charge in [0.05, 0.1) is 6.10 Å². The third-order valence-electron chi connectivity index (χ3n) is 4.19. The fraction of sp³-hybridized carbons (Fsp3) is 1.00. The Morgan fingerprint density at radius 2 is 2.17 bits per heavy atom. The van der Waals surface area contributed by atoms with Gasteiger partial charge >= 0.3 is 0 Å². The molecule has 0 aromatic carbocycles. The summed E-state index contributed by atoms with van der Waals surface area (Å²) in [6.07, 6.45) is 7.08. The second-order valence-corrected chi connectivity index (χ2v) is 6.31. The molecule has 0 amide bonds. The van der Waals surface area contributed by atoms with Gasteiger partial charge in [0.1, 0.15) is 0 Å². The molecule has 0 bridgehead atoms. The number of rotatable bonds is 7. The highest BCUT2D eigenvalue weighted by Gasteiger charge is 2.25. The molecule has 0 aromatic rings. The maximum Gasteiger partial charge on any atom is 0.0588 e. The highest BCUT2D eigenvalue weighted by atomic mass is 16.5. The summed E-state index contributed by atoms with van der Waals surface area (Å²) in [6, 6.07) is 0.769. The quantitative estimate of drug-likeness (QED) is 0.754. The van der Waals surface area contributed by atoms with E-state index in [1.165, 1.54) is 51.7 Å². The Morgan fingerprint density at radius 1 is 1.28 bits per heavy atom. The molecule has 0 aliphatic carbocycles. The molecule has 0 aromatic heterocycles. The van der Waals surface area contributed by atoms with Gasteiger partial charge in [-0.2, -0.15) is 0 Å². The average molecular weight is 254 g/mol. The lowest BCUT2D eigenvalue weighted by molar-refractivity contribution is 0.0900. The van der Waals surface area contributed by atoms with Crippen LogP contribution >= 0.6 is 0 Å². The van der Waals surface area contributed by atoms with E-state index in [-0.39, 0.29) is 0 Å². The van der Waals surface area contributed by atoms with Crippen molar-refractivity contribution >= 4 is 0 Å². The molecule has 3 heteroatoms. The van der Waals surface area contributed by atoms with Crippen LogP contribution in [-0.4, -0.2) is 49.8 Å². The summed E-state index contributed by atoms with van der Waals surface area (Å²) in [5, 5.41) is 3.61. The molecule has 2 fully saturated rings. The van der Waals surface area contributed by atoms with Gasteiger partial charge in [-0.05, 0) is 51.1 Å². The van der Waals surface area contributed by atoms with Crippen molar-refractivity contribution in [1.29, 1.82) is 0 Å². The van der Waals surface area contributed by atoms with Gasteiger partial charge in [-0.3, -0.25) is 4.90 Å². The van der Waals surface area contributed by atoms with Crippen molar-refractivity contribution in [2.45, 2.75) is 58.1 Å². The molecule has 1 N–H and O–H groups in total. The highest BCUT2D eigenvalue weighted by molar-refractivity contribution is 4.82. The van der Waals surface area contributed by atoms with Gasteiger partial charge in [0.2, 0.25) is 0 Å². The van der Waals surface area contributed by atoms with E-state index in [1.807, 2.05) is 0 Å². The Kier molecular flexibility index (Phi) is 5.93. The van der Waals surface area contributed by atoms with Crippen LogP contribution in [0.1, 0.15) is 46.0 Å². The maximum absolute atomic E-state index is 5.72. The molecule has 2 heterocycles. The molecule has 0 radical (unpaired) electrons. The number of likely N-dealkylation sites (tertiary alicyclic amines) is 1. The van der Waals surface area contributed by atoms with E-state index in [1.54, 1.807) is 0 Å². The largest absolute Gasteiger partial charge is 0.378 e. The molecule has 0 spiro atoms. The van der Waals surface area contributed by atoms with Crippen molar-refractivity contribution in [3.8, 4) is 0 Å². The standard InChI is InChI=1S/C15H30N2O/c1-13(2)11-16-12-14-5-3-8-17(14)9-7-15-6-4-10-18-15/h13-16H,3-12H2,1-2H3. The van der Waals surface area contributed by atoms with Gasteiger partial charge in [0.15, 0.2) is 0 Å². The predicted octanol–water partition coefficient (Wildman–Crippen LogP) is 2.27. The first-order chi connectivity index (χ1) is 8.75. The number of nitrogens with zero attached hydrogens (tertiary/aromatic N) is 1. The van der Waals surface area contributed by atoms with Crippen LogP contribution in [0.15, 0.2) is 0 Å². The Balaban J connectivity index is 1.63. The fourth-order valence-electron chi connectivity index (χ4n) is 3.14. The molecule has 0 saturated carbocycles. The molecule has 2 aliphatic heterocycles. The monoisotopic (exact) mass is 254 g/mol. The van der Waals surface area contributed by atoms with E-state index in [2.05, 4.69) is 24.1 Å². The minimum atomic E-state index is 0.551. The zero-order valence-corrected chi connectivity index (χ0v) is 12.2. The van der Waals surface area contributed by atoms with E-state index in [0.29, 0.717) is 6.10 Å². The van der Waals surface area contributed by atoms with Crippen molar-refractivity contribution in [1.82, 2.24) is 10.2 Å². The van der Waals surface area contributed by atoms with E-state index < -0.39 is 0 Å². The smallest absolute Gasteiger partial charge is 0.0588 e. The topological polar surface area (TPSA) is 24.5 Å². The lowest BCUT2D eigenvalue weighted by Gasteiger charge is -2.26. The summed E-state index contributed by atoms with van der Waals surface area (Å²) in [5.41, 5.74) is 0. The number of nitrogens with one attached hydrogen (secondary N) is 1. The number of hydrogen-bond acceptors (Lipinski definition) is 3. The minimum absolute atomic E-state index is 0.551. The zero-order chi connectivity index (χ0) is 12.8. The van der Waals surface area contributed by atoms with Gasteiger partial charge in [-0.1, -0.05) is 13.8 Å². The van der Waals surface area contributed by atoms with Gasteiger partial charge < -0.3 is 10.1 Å². The maximum atomic E-state index is 5.72. The van der Waals surface area contributed by atoms with E-state index in [4.69, 9.17) is 4.74 Å². The van der Waals surface area contributed by atoms with E-state index in [0.717, 1.165) is 25.1 Å². The van der Waals surface area contributed by atoms with Crippen LogP contribution in [0, 0.1) is 5.92 Å². The molecule has 2 aliphatic rings. The van der Waals surface area contributed by atoms with E-state index >= 15 is 0 Å². The second-order valence-electron chi connectivity index (χ2n) is 6.31. The molecule has 106 valence electrons. The average Bonchev–Trinajstić information content (AvgIpc) is 2.96. The predicted molar refractivity (Wildman–Crippen MR) is 75.9 cm³/mol. The lowest BCUT2D eigenvalue weighted by atomic mass is 10.1. The van der Waals surface area contributed by atoms with Crippen molar-refractivity contribution < 1.29 is 4.74 Å². The van der Waals surface area contributed by atoms with Crippen LogP contribution in [0.4, 0.5) is 0 Å². The first-order valence-corrected chi connectivity index (χ1v) is 7.82. The summed E-state index contributed by atoms with van der Waals surface area (Å²) in [4.78, 5) is 2.68. The SMILES string of the molecule is CC(C)CNCC1CCCN1CCC1CCCO1. The molecule has 2 unspecified atom stereocenters. The van der Waals surface area contributed by atoms with Crippen LogP contribution < -0.4 is 5.32 Å². The van der Waals surface area contributed by atoms with Gasteiger partial charge in [-0.15, -0.1) is 0 Å². The molecule has 2 rings (SSSR count). The lowest BCUT2D eigenvalue weighted by Crippen LogP contribution is -2.40. The molecule has 2 atom stereocenters. The highest BCUT2D eigenvalue weighted by Crippen LogP contribution is 2.20. The summed E-state index contributed by atoms with van der Waals surface area (Å²) < 4.78 is 5.72. The second kappa shape index (κ2) is 7.46. The van der Waals surface area contributed by atoms with Gasteiger partial charge in [-0.25, -0.2) is 0 Å². The van der Waals surface area contributed by atoms with Crippen LogP contribution in [0.2, 0.25) is 0 Å². The summed E-state index contributed by atoms with van der Waals surface area (Å²) in [6.45, 7) is 10.4. The zero-order valence-electron chi connectivity index (χ0n) is 12.2. The Labute approximate surface area is 112 Å².